The molecule has 0 fully saturated rings. The van der Waals surface area contributed by atoms with Crippen LogP contribution in [0.5, 0.6) is 0 Å². The van der Waals surface area contributed by atoms with Gasteiger partial charge in [-0.15, -0.1) is 11.3 Å². The van der Waals surface area contributed by atoms with Crippen LogP contribution < -0.4 is 0 Å². The molecule has 0 bridgehead atoms. The Hall–Kier alpha value is -0.870. The van der Waals surface area contributed by atoms with E-state index in [9.17, 15) is 4.79 Å². The van der Waals surface area contributed by atoms with Crippen molar-refractivity contribution < 1.29 is 14.3 Å². The van der Waals surface area contributed by atoms with E-state index < -0.39 is 0 Å². The molecule has 0 amide bonds. The number of aryl methyl sites for hydroxylation is 1. The largest absolute Gasteiger partial charge is 0.462 e. The van der Waals surface area contributed by atoms with E-state index in [-0.39, 0.29) is 12.1 Å². The molecule has 1 aromatic heterocycles. The summed E-state index contributed by atoms with van der Waals surface area (Å²) in [5.74, 6) is -0.211. The summed E-state index contributed by atoms with van der Waals surface area (Å²) in [6.45, 7) is 2.25. The third-order valence-electron chi connectivity index (χ3n) is 2.82. The van der Waals surface area contributed by atoms with Crippen molar-refractivity contribution in [2.75, 3.05) is 13.7 Å². The number of fused-ring (bicyclic) bond motifs is 1. The molecule has 0 radical (unpaired) electrons. The number of carbonyl (C=O) groups is 1. The van der Waals surface area contributed by atoms with Crippen LogP contribution in [0.2, 0.25) is 0 Å². The number of esters is 1. The number of methoxy groups -OCH3 is 1. The molecule has 0 aliphatic heterocycles. The Bertz CT molecular complexity index is 384. The van der Waals surface area contributed by atoms with E-state index in [2.05, 4.69) is 0 Å². The molecular weight excluding hydrogens is 224 g/mol. The van der Waals surface area contributed by atoms with Gasteiger partial charge in [-0.2, -0.15) is 0 Å². The van der Waals surface area contributed by atoms with Gasteiger partial charge in [0, 0.05) is 12.0 Å². The summed E-state index contributed by atoms with van der Waals surface area (Å²) < 4.78 is 10.4. The Labute approximate surface area is 99.4 Å². The third kappa shape index (κ3) is 2.13. The van der Waals surface area contributed by atoms with E-state index in [0.29, 0.717) is 11.5 Å². The highest BCUT2D eigenvalue weighted by atomic mass is 32.1. The minimum atomic E-state index is -0.211. The first-order valence-corrected chi connectivity index (χ1v) is 6.40. The maximum atomic E-state index is 11.6. The third-order valence-corrected chi connectivity index (χ3v) is 4.01. The number of hydrogen-bond acceptors (Lipinski definition) is 4. The Morgan fingerprint density at radius 2 is 2.44 bits per heavy atom. The minimum absolute atomic E-state index is 0.156. The van der Waals surface area contributed by atoms with Gasteiger partial charge in [0.25, 0.3) is 0 Å². The smallest absolute Gasteiger partial charge is 0.348 e. The summed E-state index contributed by atoms with van der Waals surface area (Å²) in [7, 11) is 1.72. The highest BCUT2D eigenvalue weighted by Crippen LogP contribution is 2.37. The predicted octanol–water partition coefficient (Wildman–Crippen LogP) is 2.95. The highest BCUT2D eigenvalue weighted by molar-refractivity contribution is 7.14. The molecule has 2 rings (SSSR count). The lowest BCUT2D eigenvalue weighted by Crippen LogP contribution is -2.08. The molecule has 1 aliphatic carbocycles. The van der Waals surface area contributed by atoms with Gasteiger partial charge in [0.2, 0.25) is 0 Å². The average molecular weight is 240 g/mol. The molecular formula is C12H16O3S. The molecule has 1 atom stereocenters. The van der Waals surface area contributed by atoms with E-state index in [1.165, 1.54) is 10.4 Å². The minimum Gasteiger partial charge on any atom is -0.462 e. The van der Waals surface area contributed by atoms with Gasteiger partial charge in [-0.3, -0.25) is 0 Å². The Morgan fingerprint density at radius 1 is 1.62 bits per heavy atom. The first-order chi connectivity index (χ1) is 7.76. The maximum Gasteiger partial charge on any atom is 0.348 e. The van der Waals surface area contributed by atoms with Crippen LogP contribution in [0, 0.1) is 0 Å². The standard InChI is InChI=1S/C12H16O3S/c1-3-15-12(13)11-7-8-9(14-2)5-4-6-10(8)16-11/h7,9H,3-6H2,1-2H3. The molecule has 1 unspecified atom stereocenters. The van der Waals surface area contributed by atoms with Gasteiger partial charge < -0.3 is 9.47 Å². The fourth-order valence-electron chi connectivity index (χ4n) is 2.06. The van der Waals surface area contributed by atoms with Gasteiger partial charge in [-0.1, -0.05) is 0 Å². The Balaban J connectivity index is 2.25. The van der Waals surface area contributed by atoms with Crippen LogP contribution in [0.4, 0.5) is 0 Å². The van der Waals surface area contributed by atoms with Crippen molar-refractivity contribution in [3.05, 3.63) is 21.4 Å². The molecule has 88 valence electrons. The number of ether oxygens (including phenoxy) is 2. The van der Waals surface area contributed by atoms with E-state index in [1.54, 1.807) is 18.4 Å². The zero-order chi connectivity index (χ0) is 11.5. The zero-order valence-corrected chi connectivity index (χ0v) is 10.4. The van der Waals surface area contributed by atoms with Crippen molar-refractivity contribution in [3.8, 4) is 0 Å². The summed E-state index contributed by atoms with van der Waals surface area (Å²) in [5, 5.41) is 0. The van der Waals surface area contributed by atoms with Crippen LogP contribution in [-0.4, -0.2) is 19.7 Å². The van der Waals surface area contributed by atoms with Crippen molar-refractivity contribution in [2.24, 2.45) is 0 Å². The summed E-state index contributed by atoms with van der Waals surface area (Å²) in [4.78, 5) is 13.6. The van der Waals surface area contributed by atoms with Crippen LogP contribution in [0.15, 0.2) is 6.07 Å². The molecule has 1 aromatic rings. The topological polar surface area (TPSA) is 35.5 Å². The first-order valence-electron chi connectivity index (χ1n) is 5.58. The highest BCUT2D eigenvalue weighted by Gasteiger charge is 2.24. The molecule has 1 heterocycles. The van der Waals surface area contributed by atoms with E-state index in [4.69, 9.17) is 9.47 Å². The van der Waals surface area contributed by atoms with Crippen molar-refractivity contribution >= 4 is 17.3 Å². The molecule has 0 saturated heterocycles. The van der Waals surface area contributed by atoms with Gasteiger partial charge >= 0.3 is 5.97 Å². The van der Waals surface area contributed by atoms with Gasteiger partial charge in [0.05, 0.1) is 12.7 Å². The summed E-state index contributed by atoms with van der Waals surface area (Å²) in [6.07, 6.45) is 3.39. The zero-order valence-electron chi connectivity index (χ0n) is 9.62. The first kappa shape index (κ1) is 11.6. The molecule has 0 spiro atoms. The van der Waals surface area contributed by atoms with Crippen molar-refractivity contribution in [2.45, 2.75) is 32.3 Å². The number of thiophene rings is 1. The summed E-state index contributed by atoms with van der Waals surface area (Å²) in [5.41, 5.74) is 1.18. The van der Waals surface area contributed by atoms with Gasteiger partial charge in [-0.05, 0) is 37.8 Å². The molecule has 3 nitrogen and oxygen atoms in total. The lowest BCUT2D eigenvalue weighted by atomic mass is 9.96. The average Bonchev–Trinajstić information content (AvgIpc) is 2.72. The van der Waals surface area contributed by atoms with Crippen LogP contribution >= 0.6 is 11.3 Å². The quantitative estimate of drug-likeness (QED) is 0.762. The van der Waals surface area contributed by atoms with Crippen LogP contribution in [0.3, 0.4) is 0 Å². The van der Waals surface area contributed by atoms with Crippen molar-refractivity contribution in [1.29, 1.82) is 0 Å². The van der Waals surface area contributed by atoms with E-state index in [1.807, 2.05) is 13.0 Å². The predicted molar refractivity (Wildman–Crippen MR) is 63.0 cm³/mol. The van der Waals surface area contributed by atoms with Crippen molar-refractivity contribution in [1.82, 2.24) is 0 Å². The van der Waals surface area contributed by atoms with E-state index in [0.717, 1.165) is 19.3 Å². The number of carbonyl (C=O) groups excluding carboxylic acids is 1. The lowest BCUT2D eigenvalue weighted by molar-refractivity contribution is 0.0531. The number of rotatable bonds is 3. The van der Waals surface area contributed by atoms with Crippen LogP contribution in [-0.2, 0) is 15.9 Å². The normalized spacial score (nSPS) is 19.2. The molecule has 4 heteroatoms. The SMILES string of the molecule is CCOC(=O)c1cc2c(s1)CCCC2OC. The van der Waals surface area contributed by atoms with E-state index >= 15 is 0 Å². The van der Waals surface area contributed by atoms with Crippen LogP contribution in [0.25, 0.3) is 0 Å². The van der Waals surface area contributed by atoms with Gasteiger partial charge in [-0.25, -0.2) is 4.79 Å². The van der Waals surface area contributed by atoms with Gasteiger partial charge in [0.15, 0.2) is 0 Å². The fourth-order valence-corrected chi connectivity index (χ4v) is 3.21. The second-order valence-corrected chi connectivity index (χ2v) is 4.96. The molecule has 0 N–H and O–H groups in total. The van der Waals surface area contributed by atoms with Crippen LogP contribution in [0.1, 0.15) is 46.0 Å². The lowest BCUT2D eigenvalue weighted by Gasteiger charge is -2.20. The summed E-state index contributed by atoms with van der Waals surface area (Å²) >= 11 is 1.55. The number of hydrogen-bond donors (Lipinski definition) is 0. The second-order valence-electron chi connectivity index (χ2n) is 3.83. The molecule has 16 heavy (non-hydrogen) atoms. The fraction of sp³-hybridized carbons (Fsp3) is 0.583. The Morgan fingerprint density at radius 3 is 3.12 bits per heavy atom. The Kier molecular flexibility index (Phi) is 3.61. The van der Waals surface area contributed by atoms with Gasteiger partial charge in [0.1, 0.15) is 4.88 Å². The monoisotopic (exact) mass is 240 g/mol. The molecule has 0 saturated carbocycles. The second kappa shape index (κ2) is 4.97. The maximum absolute atomic E-state index is 11.6. The molecule has 1 aliphatic rings. The van der Waals surface area contributed by atoms with Crippen molar-refractivity contribution in [3.63, 3.8) is 0 Å². The summed E-state index contributed by atoms with van der Waals surface area (Å²) in [6, 6.07) is 1.94. The molecule has 0 aromatic carbocycles.